The van der Waals surface area contributed by atoms with Crippen molar-refractivity contribution in [2.45, 2.75) is 6.92 Å². The molecule has 3 rings (SSSR count). The maximum atomic E-state index is 12.1. The van der Waals surface area contributed by atoms with E-state index in [0.29, 0.717) is 27.0 Å². The molecule has 1 aliphatic heterocycles. The van der Waals surface area contributed by atoms with Crippen LogP contribution in [0.15, 0.2) is 36.4 Å². The van der Waals surface area contributed by atoms with Crippen molar-refractivity contribution in [2.24, 2.45) is 0 Å². The quantitative estimate of drug-likeness (QED) is 0.786. The molecule has 118 valence electrons. The molecular formula is C17H13Cl2NO3. The topological polar surface area (TPSA) is 46.6 Å². The number of ketones is 1. The number of benzene rings is 2. The Kier molecular flexibility index (Phi) is 4.28. The number of ether oxygens (including phenoxy) is 1. The third-order valence-corrected chi connectivity index (χ3v) is 4.12. The lowest BCUT2D eigenvalue weighted by atomic mass is 10.1. The maximum absolute atomic E-state index is 12.1. The molecule has 6 heteroatoms. The van der Waals surface area contributed by atoms with Gasteiger partial charge in [-0.25, -0.2) is 0 Å². The Labute approximate surface area is 143 Å². The Hall–Kier alpha value is -2.04. The highest BCUT2D eigenvalue weighted by atomic mass is 35.5. The fourth-order valence-corrected chi connectivity index (χ4v) is 2.94. The fraction of sp³-hybridized carbons (Fsp3) is 0.176. The zero-order valence-corrected chi connectivity index (χ0v) is 13.8. The number of fused-ring (bicyclic) bond motifs is 1. The van der Waals surface area contributed by atoms with Gasteiger partial charge in [0, 0.05) is 5.02 Å². The number of hydrogen-bond acceptors (Lipinski definition) is 3. The Morgan fingerprint density at radius 3 is 2.61 bits per heavy atom. The molecule has 0 spiro atoms. The number of anilines is 1. The van der Waals surface area contributed by atoms with Crippen molar-refractivity contribution in [1.82, 2.24) is 0 Å². The molecule has 0 saturated heterocycles. The van der Waals surface area contributed by atoms with Gasteiger partial charge in [-0.05, 0) is 37.3 Å². The summed E-state index contributed by atoms with van der Waals surface area (Å²) in [6.07, 6.45) is 0. The van der Waals surface area contributed by atoms with Crippen molar-refractivity contribution in [3.05, 3.63) is 57.6 Å². The van der Waals surface area contributed by atoms with Crippen LogP contribution >= 0.6 is 23.2 Å². The predicted octanol–water partition coefficient (Wildman–Crippen LogP) is 3.91. The van der Waals surface area contributed by atoms with E-state index in [2.05, 4.69) is 0 Å². The minimum atomic E-state index is -0.531. The van der Waals surface area contributed by atoms with Crippen molar-refractivity contribution in [3.8, 4) is 5.75 Å². The first-order valence-corrected chi connectivity index (χ1v) is 7.77. The number of hydrogen-bond donors (Lipinski definition) is 0. The van der Waals surface area contributed by atoms with Crippen molar-refractivity contribution in [2.75, 3.05) is 18.1 Å². The minimum absolute atomic E-state index is 0.216. The molecule has 23 heavy (non-hydrogen) atoms. The average Bonchev–Trinajstić information content (AvgIpc) is 2.74. The summed E-state index contributed by atoms with van der Waals surface area (Å²) >= 11 is 11.9. The first-order chi connectivity index (χ1) is 11.0. The van der Waals surface area contributed by atoms with Gasteiger partial charge in [0.1, 0.15) is 12.4 Å². The van der Waals surface area contributed by atoms with Crippen LogP contribution in [0.1, 0.15) is 15.9 Å². The van der Waals surface area contributed by atoms with Crippen molar-refractivity contribution < 1.29 is 14.3 Å². The van der Waals surface area contributed by atoms with E-state index in [9.17, 15) is 9.59 Å². The second-order valence-corrected chi connectivity index (χ2v) is 6.07. The van der Waals surface area contributed by atoms with E-state index in [0.717, 1.165) is 5.56 Å². The van der Waals surface area contributed by atoms with Crippen molar-refractivity contribution in [3.63, 3.8) is 0 Å². The van der Waals surface area contributed by atoms with E-state index < -0.39 is 11.7 Å². The highest BCUT2D eigenvalue weighted by molar-refractivity contribution is 6.52. The SMILES string of the molecule is Cc1ccc2c(c1)C(=O)C(=O)N2CCOc1ccc(Cl)cc1Cl. The van der Waals surface area contributed by atoms with Gasteiger partial charge in [-0.15, -0.1) is 0 Å². The summed E-state index contributed by atoms with van der Waals surface area (Å²) in [6, 6.07) is 10.3. The second-order valence-electron chi connectivity index (χ2n) is 5.23. The van der Waals surface area contributed by atoms with Crippen molar-refractivity contribution in [1.29, 1.82) is 0 Å². The second kappa shape index (κ2) is 6.22. The van der Waals surface area contributed by atoms with Crippen LogP contribution in [-0.2, 0) is 4.79 Å². The van der Waals surface area contributed by atoms with Crippen LogP contribution in [0.5, 0.6) is 5.75 Å². The molecule has 0 N–H and O–H groups in total. The molecular weight excluding hydrogens is 337 g/mol. The Balaban J connectivity index is 1.72. The average molecular weight is 350 g/mol. The van der Waals surface area contributed by atoms with Crippen LogP contribution in [0.25, 0.3) is 0 Å². The molecule has 0 aliphatic carbocycles. The number of rotatable bonds is 4. The van der Waals surface area contributed by atoms with Crippen LogP contribution in [0.3, 0.4) is 0 Å². The fourth-order valence-electron chi connectivity index (χ4n) is 2.48. The number of carbonyl (C=O) groups excluding carboxylic acids is 2. The van der Waals surface area contributed by atoms with Gasteiger partial charge in [0.25, 0.3) is 11.7 Å². The number of aryl methyl sites for hydroxylation is 1. The van der Waals surface area contributed by atoms with Crippen molar-refractivity contribution >= 4 is 40.6 Å². The monoisotopic (exact) mass is 349 g/mol. The predicted molar refractivity (Wildman–Crippen MR) is 89.8 cm³/mol. The van der Waals surface area contributed by atoms with Gasteiger partial charge in [-0.1, -0.05) is 34.8 Å². The van der Waals surface area contributed by atoms with Gasteiger partial charge in [0.2, 0.25) is 0 Å². The Morgan fingerprint density at radius 1 is 1.09 bits per heavy atom. The van der Waals surface area contributed by atoms with E-state index in [-0.39, 0.29) is 13.2 Å². The largest absolute Gasteiger partial charge is 0.490 e. The van der Waals surface area contributed by atoms with Gasteiger partial charge in [-0.2, -0.15) is 0 Å². The molecule has 0 fully saturated rings. The highest BCUT2D eigenvalue weighted by Gasteiger charge is 2.35. The first kappa shape index (κ1) is 15.8. The lowest BCUT2D eigenvalue weighted by Crippen LogP contribution is -2.33. The molecule has 1 heterocycles. The molecule has 0 atom stereocenters. The maximum Gasteiger partial charge on any atom is 0.299 e. The Bertz CT molecular complexity index is 804. The Morgan fingerprint density at radius 2 is 1.87 bits per heavy atom. The summed E-state index contributed by atoms with van der Waals surface area (Å²) in [5.41, 5.74) is 2.01. The highest BCUT2D eigenvalue weighted by Crippen LogP contribution is 2.30. The summed E-state index contributed by atoms with van der Waals surface area (Å²) < 4.78 is 5.58. The lowest BCUT2D eigenvalue weighted by Gasteiger charge is -2.17. The molecule has 0 saturated carbocycles. The number of halogens is 2. The zero-order chi connectivity index (χ0) is 16.6. The van der Waals surface area contributed by atoms with Crippen LogP contribution in [0, 0.1) is 6.92 Å². The third-order valence-electron chi connectivity index (χ3n) is 3.59. The molecule has 0 aromatic heterocycles. The number of Topliss-reactive ketones (excluding diaryl/α,β-unsaturated/α-hetero) is 1. The van der Waals surface area contributed by atoms with E-state index in [4.69, 9.17) is 27.9 Å². The van der Waals surface area contributed by atoms with E-state index >= 15 is 0 Å². The van der Waals surface area contributed by atoms with Gasteiger partial charge in [-0.3, -0.25) is 9.59 Å². The van der Waals surface area contributed by atoms with Crippen LogP contribution in [0.2, 0.25) is 10.0 Å². The van der Waals surface area contributed by atoms with Crippen LogP contribution in [0.4, 0.5) is 5.69 Å². The molecule has 1 aliphatic rings. The molecule has 1 amide bonds. The summed E-state index contributed by atoms with van der Waals surface area (Å²) in [7, 11) is 0. The van der Waals surface area contributed by atoms with Gasteiger partial charge < -0.3 is 9.64 Å². The molecule has 0 bridgehead atoms. The van der Waals surface area contributed by atoms with E-state index in [1.54, 1.807) is 30.3 Å². The number of nitrogens with zero attached hydrogens (tertiary/aromatic N) is 1. The van der Waals surface area contributed by atoms with E-state index in [1.807, 2.05) is 13.0 Å². The van der Waals surface area contributed by atoms with Crippen LogP contribution in [-0.4, -0.2) is 24.8 Å². The number of carbonyl (C=O) groups is 2. The lowest BCUT2D eigenvalue weighted by molar-refractivity contribution is -0.114. The molecule has 0 unspecified atom stereocenters. The molecule has 2 aromatic rings. The van der Waals surface area contributed by atoms with E-state index in [1.165, 1.54) is 4.90 Å². The van der Waals surface area contributed by atoms with Gasteiger partial charge >= 0.3 is 0 Å². The summed E-state index contributed by atoms with van der Waals surface area (Å²) in [4.78, 5) is 25.6. The third kappa shape index (κ3) is 3.05. The first-order valence-electron chi connectivity index (χ1n) is 7.02. The molecule has 2 aromatic carbocycles. The standard InChI is InChI=1S/C17H13Cl2NO3/c1-10-2-4-14-12(8-10)16(21)17(22)20(14)6-7-23-15-5-3-11(18)9-13(15)19/h2-5,8-9H,6-7H2,1H3. The zero-order valence-electron chi connectivity index (χ0n) is 12.3. The van der Waals surface area contributed by atoms with Crippen LogP contribution < -0.4 is 9.64 Å². The summed E-state index contributed by atoms with van der Waals surface area (Å²) in [5, 5.41) is 0.921. The van der Waals surface area contributed by atoms with Gasteiger partial charge in [0.05, 0.1) is 22.8 Å². The van der Waals surface area contributed by atoms with Gasteiger partial charge in [0.15, 0.2) is 0 Å². The summed E-state index contributed by atoms with van der Waals surface area (Å²) in [5.74, 6) is -0.525. The normalized spacial score (nSPS) is 13.4. The molecule has 4 nitrogen and oxygen atoms in total. The summed E-state index contributed by atoms with van der Waals surface area (Å²) in [6.45, 7) is 2.36. The smallest absolute Gasteiger partial charge is 0.299 e. The minimum Gasteiger partial charge on any atom is -0.490 e. The molecule has 0 radical (unpaired) electrons. The number of amides is 1.